The number of methoxy groups -OCH3 is 6. The number of para-hydroxylation sites is 1. The molecular formula is C75H79N21O9. The topological polar surface area (TPSA) is 455 Å². The summed E-state index contributed by atoms with van der Waals surface area (Å²) >= 11 is 0. The van der Waals surface area contributed by atoms with E-state index in [1.54, 1.807) is 116 Å². The fourth-order valence-corrected chi connectivity index (χ4v) is 10.5. The lowest BCUT2D eigenvalue weighted by atomic mass is 10.1. The van der Waals surface area contributed by atoms with Crippen molar-refractivity contribution in [2.45, 2.75) is 21.8 Å². The molecule has 0 spiro atoms. The highest BCUT2D eigenvalue weighted by atomic mass is 16.6. The summed E-state index contributed by atoms with van der Waals surface area (Å²) in [6.45, 7) is 1.56. The average Bonchev–Trinajstić information content (AvgIpc) is 1.46. The molecule has 30 nitrogen and oxygen atoms in total. The van der Waals surface area contributed by atoms with Crippen molar-refractivity contribution in [1.82, 2.24) is 45.1 Å². The summed E-state index contributed by atoms with van der Waals surface area (Å²) in [6, 6.07) is 51.1. The molecule has 538 valence electrons. The average molecular weight is 1420 g/mol. The standard InChI is InChI=1S/C20H22N4O3.C18H14N6O2.C18H20N6O2.C17H15N5O2.2CH4/c1-12-22-17-10-19(27-4)18(26-3)9-15(17)20(23-12)24(2)14-7-5-13(6-8-14)16(21)11-25;19-15-9-13(12-3-1-2-4-14(12)22-15)18-24-23-17(25-18)11-7-5-10(6-8-11)16(20)26-21;1-21-16(19)10-5-4-6-11(7-10)22-17-12-8-14(25-2)15(26-3)9-13(12)23-18(20)24-17;1-23-14-7-12-13(8-15(14)24-2)21-17(19)22-16(12)20-11-5-3-4-10(6-11)9-18;;/h5-10,21,25H,11H2,1-4H3;1-9,20H,21H2,(H2,19,22);4-9H,1-3H3,(H2,19,21)(H3,20,22,23,24);3-8H,1-2H3,(H3,19,20,21,22);2*1H4. The van der Waals surface area contributed by atoms with Crippen molar-refractivity contribution in [2.75, 3.05) is 96.1 Å². The van der Waals surface area contributed by atoms with Crippen molar-refractivity contribution in [2.24, 2.45) is 16.6 Å². The number of aliphatic hydroxyl groups is 1. The third-order valence-corrected chi connectivity index (χ3v) is 15.6. The zero-order valence-corrected chi connectivity index (χ0v) is 57.3. The Morgan fingerprint density at radius 3 is 1.59 bits per heavy atom. The second-order valence-corrected chi connectivity index (χ2v) is 22.1. The minimum Gasteiger partial charge on any atom is -0.493 e. The van der Waals surface area contributed by atoms with Crippen molar-refractivity contribution in [3.63, 3.8) is 0 Å². The molecular weight excluding hydrogens is 1340 g/mol. The summed E-state index contributed by atoms with van der Waals surface area (Å²) < 4.78 is 37.9. The number of pyridine rings is 1. The maximum atomic E-state index is 9.11. The van der Waals surface area contributed by atoms with Crippen LogP contribution < -0.4 is 72.8 Å². The lowest BCUT2D eigenvalue weighted by Gasteiger charge is -2.21. The molecule has 0 radical (unpaired) electrons. The summed E-state index contributed by atoms with van der Waals surface area (Å²) in [5.74, 6) is 12.6. The van der Waals surface area contributed by atoms with Crippen LogP contribution in [0.4, 0.5) is 52.2 Å². The highest BCUT2D eigenvalue weighted by Crippen LogP contribution is 2.40. The Kier molecular flexibility index (Phi) is 25.4. The van der Waals surface area contributed by atoms with Gasteiger partial charge in [0.15, 0.2) is 34.5 Å². The maximum absolute atomic E-state index is 9.11. The van der Waals surface area contributed by atoms with E-state index in [1.807, 2.05) is 116 Å². The molecule has 0 fully saturated rings. The second kappa shape index (κ2) is 34.8. The Morgan fingerprint density at radius 1 is 0.552 bits per heavy atom. The van der Waals surface area contributed by atoms with Gasteiger partial charge in [-0.25, -0.2) is 24.9 Å². The van der Waals surface area contributed by atoms with Gasteiger partial charge in [-0.2, -0.15) is 21.1 Å². The molecule has 5 heterocycles. The smallest absolute Gasteiger partial charge is 0.248 e. The zero-order valence-electron chi connectivity index (χ0n) is 57.3. The lowest BCUT2D eigenvalue weighted by molar-refractivity contribution is 0.319. The van der Waals surface area contributed by atoms with Gasteiger partial charge in [-0.3, -0.25) is 10.4 Å². The summed E-state index contributed by atoms with van der Waals surface area (Å²) in [5.41, 5.74) is 32.9. The number of aromatic nitrogens is 9. The number of nitrogens with two attached hydrogens (primary N) is 5. The molecule has 0 aliphatic rings. The first-order valence-electron chi connectivity index (χ1n) is 31.1. The van der Waals surface area contributed by atoms with Gasteiger partial charge in [-0.1, -0.05) is 63.4 Å². The molecule has 13 aromatic rings. The Bertz CT molecular complexity index is 5350. The fraction of sp³-hybridized carbons (Fsp3) is 0.160. The Labute approximate surface area is 604 Å². The molecule has 15 N–H and O–H groups in total. The summed E-state index contributed by atoms with van der Waals surface area (Å²) in [5, 5.41) is 51.3. The second-order valence-electron chi connectivity index (χ2n) is 22.1. The van der Waals surface area contributed by atoms with Gasteiger partial charge in [0, 0.05) is 87.6 Å². The van der Waals surface area contributed by atoms with Crippen LogP contribution in [0.3, 0.4) is 0 Å². The molecule has 0 atom stereocenters. The predicted molar refractivity (Wildman–Crippen MR) is 411 cm³/mol. The molecule has 0 saturated carbocycles. The number of ether oxygens (including phenoxy) is 6. The number of hydrogen-bond donors (Lipinski definition) is 10. The molecule has 0 aliphatic heterocycles. The van der Waals surface area contributed by atoms with Gasteiger partial charge >= 0.3 is 0 Å². The number of nitriles is 1. The number of aliphatic hydroxyl groups excluding tert-OH is 1. The van der Waals surface area contributed by atoms with Gasteiger partial charge < -0.3 is 86.7 Å². The number of fused-ring (bicyclic) bond motifs is 4. The molecule has 105 heavy (non-hydrogen) atoms. The molecule has 0 aliphatic carbocycles. The number of aliphatic imine (C=N–C) groups is 1. The molecule has 30 heteroatoms. The zero-order chi connectivity index (χ0) is 73.4. The predicted octanol–water partition coefficient (Wildman–Crippen LogP) is 12.3. The number of rotatable bonds is 18. The number of anilines is 9. The van der Waals surface area contributed by atoms with E-state index in [9.17, 15) is 0 Å². The van der Waals surface area contributed by atoms with Crippen LogP contribution >= 0.6 is 0 Å². The first-order chi connectivity index (χ1) is 49.8. The number of amidine groups is 1. The number of nitrogen functional groups attached to an aromatic ring is 3. The number of benzene rings is 8. The number of aryl methyl sites for hydroxylation is 1. The van der Waals surface area contributed by atoms with Crippen LogP contribution in [-0.2, 0) is 4.84 Å². The quantitative estimate of drug-likeness (QED) is 0.0217. The van der Waals surface area contributed by atoms with Gasteiger partial charge in [0.25, 0.3) is 0 Å². The van der Waals surface area contributed by atoms with Gasteiger partial charge in [-0.15, -0.1) is 10.2 Å². The molecule has 0 unspecified atom stereocenters. The minimum atomic E-state index is -0.285. The van der Waals surface area contributed by atoms with Gasteiger partial charge in [0.2, 0.25) is 29.6 Å². The first kappa shape index (κ1) is 76.7. The highest BCUT2D eigenvalue weighted by molar-refractivity contribution is 6.01. The molecule has 0 saturated heterocycles. The first-order valence-corrected chi connectivity index (χ1v) is 31.1. The van der Waals surface area contributed by atoms with E-state index in [0.29, 0.717) is 109 Å². The Balaban J connectivity index is 0.000000176. The molecule has 5 aromatic heterocycles. The van der Waals surface area contributed by atoms with Crippen LogP contribution in [-0.4, -0.2) is 131 Å². The van der Waals surface area contributed by atoms with E-state index in [-0.39, 0.29) is 45.0 Å². The van der Waals surface area contributed by atoms with Crippen LogP contribution in [0.1, 0.15) is 42.9 Å². The van der Waals surface area contributed by atoms with E-state index in [1.165, 1.54) is 0 Å². The fourth-order valence-electron chi connectivity index (χ4n) is 10.5. The van der Waals surface area contributed by atoms with Gasteiger partial charge in [-0.05, 0) is 110 Å². The van der Waals surface area contributed by atoms with Crippen molar-refractivity contribution in [3.8, 4) is 63.5 Å². The Hall–Kier alpha value is -14.1. The van der Waals surface area contributed by atoms with Crippen molar-refractivity contribution >= 4 is 113 Å². The van der Waals surface area contributed by atoms with E-state index < -0.39 is 0 Å². The van der Waals surface area contributed by atoms with Crippen LogP contribution in [0.15, 0.2) is 173 Å². The number of nitrogens with one attached hydrogen (secondary N) is 4. The van der Waals surface area contributed by atoms with E-state index in [2.05, 4.69) is 71.6 Å². The van der Waals surface area contributed by atoms with Crippen LogP contribution in [0.5, 0.6) is 34.5 Å². The molecule has 0 bridgehead atoms. The molecule has 8 aromatic carbocycles. The van der Waals surface area contributed by atoms with E-state index in [0.717, 1.165) is 66.6 Å². The number of nitrogens with zero attached hydrogens (tertiary/aromatic N) is 12. The highest BCUT2D eigenvalue weighted by Gasteiger charge is 2.20. The summed E-state index contributed by atoms with van der Waals surface area (Å²) in [4.78, 5) is 40.9. The minimum absolute atomic E-state index is 0. The van der Waals surface area contributed by atoms with Crippen LogP contribution in [0.2, 0.25) is 0 Å². The van der Waals surface area contributed by atoms with Crippen molar-refractivity contribution in [1.29, 1.82) is 16.1 Å². The van der Waals surface area contributed by atoms with Crippen molar-refractivity contribution < 1.29 is 42.8 Å². The number of hydrogen-bond acceptors (Lipinski definition) is 29. The lowest BCUT2D eigenvalue weighted by Crippen LogP contribution is -2.13. The Morgan fingerprint density at radius 2 is 1.06 bits per heavy atom. The maximum Gasteiger partial charge on any atom is 0.248 e. The normalized spacial score (nSPS) is 10.6. The van der Waals surface area contributed by atoms with Crippen LogP contribution in [0, 0.1) is 29.1 Å². The third kappa shape index (κ3) is 17.8. The molecule has 13 rings (SSSR count). The third-order valence-electron chi connectivity index (χ3n) is 15.6. The summed E-state index contributed by atoms with van der Waals surface area (Å²) in [7, 11) is 13.0. The summed E-state index contributed by atoms with van der Waals surface area (Å²) in [6.07, 6.45) is 0. The van der Waals surface area contributed by atoms with Crippen molar-refractivity contribution in [3.05, 3.63) is 192 Å². The van der Waals surface area contributed by atoms with Crippen LogP contribution in [0.25, 0.3) is 66.5 Å². The largest absolute Gasteiger partial charge is 0.493 e. The SMILES string of the molecule is C.C.CN=C(N)c1cccc(Nc2nc(N)nc3cc(OC)c(OC)cc23)c1.COc1cc2nc(C)nc(N(C)c3ccc(C(=N)CO)cc3)c2cc1OC.COc1cc2nc(N)nc(Nc3cccc(C#N)c3)c2cc1OC.N=C(ON)c1ccc(-c2nnc(-c3cc(N)nc4ccccc34)o2)cc1. The molecule has 0 amide bonds. The van der Waals surface area contributed by atoms with Gasteiger partial charge in [0.05, 0.1) is 94.2 Å². The van der Waals surface area contributed by atoms with E-state index in [4.69, 9.17) is 82.9 Å². The van der Waals surface area contributed by atoms with Gasteiger partial charge in [0.1, 0.15) is 34.9 Å². The monoisotopic (exact) mass is 1420 g/mol. The van der Waals surface area contributed by atoms with E-state index >= 15 is 0 Å².